The van der Waals surface area contributed by atoms with E-state index in [0.717, 1.165) is 41.5 Å². The Morgan fingerprint density at radius 3 is 2.39 bits per heavy atom. The number of aryl methyl sites for hydroxylation is 2. The summed E-state index contributed by atoms with van der Waals surface area (Å²) in [6.45, 7) is 8.29. The standard InChI is InChI=1S/C25H33N5OSSi/c1-33(2,3)15-14-31-17-30-24(28-25(29-30)32-20-10-12-26-13-11-20)27-23-21-8-4-6-18(21)16-19-7-5-9-22(19)23/h10-13,16H,4-9,14-15,17H2,1-3H3,(H,27,28,29). The molecule has 1 aromatic carbocycles. The van der Waals surface area contributed by atoms with Gasteiger partial charge in [-0.25, -0.2) is 4.68 Å². The van der Waals surface area contributed by atoms with Crippen molar-refractivity contribution in [2.75, 3.05) is 11.9 Å². The lowest BCUT2D eigenvalue weighted by Gasteiger charge is -2.18. The molecule has 174 valence electrons. The van der Waals surface area contributed by atoms with Crippen molar-refractivity contribution in [3.05, 3.63) is 52.8 Å². The lowest BCUT2D eigenvalue weighted by Crippen LogP contribution is -2.22. The van der Waals surface area contributed by atoms with Crippen molar-refractivity contribution < 1.29 is 4.74 Å². The van der Waals surface area contributed by atoms with E-state index in [9.17, 15) is 0 Å². The Labute approximate surface area is 201 Å². The molecule has 8 heteroatoms. The number of nitrogens with zero attached hydrogens (tertiary/aromatic N) is 4. The maximum Gasteiger partial charge on any atom is 0.228 e. The number of benzene rings is 1. The van der Waals surface area contributed by atoms with E-state index in [1.165, 1.54) is 53.6 Å². The van der Waals surface area contributed by atoms with E-state index in [1.54, 1.807) is 24.2 Å². The molecule has 2 aliphatic carbocycles. The van der Waals surface area contributed by atoms with Crippen LogP contribution in [0.15, 0.2) is 40.6 Å². The van der Waals surface area contributed by atoms with E-state index < -0.39 is 8.07 Å². The van der Waals surface area contributed by atoms with Crippen LogP contribution in [0.2, 0.25) is 25.7 Å². The van der Waals surface area contributed by atoms with Crippen LogP contribution in [0.3, 0.4) is 0 Å². The highest BCUT2D eigenvalue weighted by molar-refractivity contribution is 7.99. The lowest BCUT2D eigenvalue weighted by atomic mass is 9.99. The Kier molecular flexibility index (Phi) is 6.58. The second-order valence-corrected chi connectivity index (χ2v) is 16.9. The number of hydrogen-bond acceptors (Lipinski definition) is 6. The molecule has 0 fully saturated rings. The van der Waals surface area contributed by atoms with Crippen LogP contribution in [0.5, 0.6) is 0 Å². The quantitative estimate of drug-likeness (QED) is 0.306. The van der Waals surface area contributed by atoms with E-state index in [0.29, 0.717) is 6.73 Å². The van der Waals surface area contributed by atoms with Gasteiger partial charge in [-0.05, 0) is 90.7 Å². The van der Waals surface area contributed by atoms with Gasteiger partial charge in [-0.2, -0.15) is 4.98 Å². The Bertz CT molecular complexity index is 1090. The monoisotopic (exact) mass is 479 g/mol. The molecule has 2 aromatic heterocycles. The van der Waals surface area contributed by atoms with Gasteiger partial charge in [0.1, 0.15) is 6.73 Å². The summed E-state index contributed by atoms with van der Waals surface area (Å²) in [5.74, 6) is 0.772. The summed E-state index contributed by atoms with van der Waals surface area (Å²) in [6.07, 6.45) is 10.7. The van der Waals surface area contributed by atoms with Crippen LogP contribution in [0.4, 0.5) is 11.6 Å². The molecular formula is C25H33N5OSSi. The summed E-state index contributed by atoms with van der Waals surface area (Å²) in [5, 5.41) is 9.25. The van der Waals surface area contributed by atoms with Crippen LogP contribution >= 0.6 is 11.8 Å². The third-order valence-electron chi connectivity index (χ3n) is 6.43. The van der Waals surface area contributed by atoms with Crippen molar-refractivity contribution in [1.82, 2.24) is 19.7 Å². The van der Waals surface area contributed by atoms with Crippen LogP contribution in [-0.2, 0) is 37.2 Å². The highest BCUT2D eigenvalue weighted by Gasteiger charge is 2.25. The summed E-state index contributed by atoms with van der Waals surface area (Å²) in [5.41, 5.74) is 7.28. The van der Waals surface area contributed by atoms with Gasteiger partial charge in [0.25, 0.3) is 0 Å². The number of anilines is 2. The predicted molar refractivity (Wildman–Crippen MR) is 136 cm³/mol. The van der Waals surface area contributed by atoms with Crippen molar-refractivity contribution in [2.24, 2.45) is 0 Å². The Morgan fingerprint density at radius 2 is 1.73 bits per heavy atom. The van der Waals surface area contributed by atoms with Gasteiger partial charge in [-0.1, -0.05) is 25.7 Å². The van der Waals surface area contributed by atoms with Gasteiger partial charge in [-0.3, -0.25) is 4.98 Å². The summed E-state index contributed by atoms with van der Waals surface area (Å²) >= 11 is 1.56. The number of aromatic nitrogens is 4. The fourth-order valence-electron chi connectivity index (χ4n) is 4.67. The highest BCUT2D eigenvalue weighted by atomic mass is 32.2. The fraction of sp³-hybridized carbons (Fsp3) is 0.480. The Balaban J connectivity index is 1.42. The second-order valence-electron chi connectivity index (χ2n) is 10.2. The zero-order chi connectivity index (χ0) is 22.8. The van der Waals surface area contributed by atoms with E-state index in [1.807, 2.05) is 16.8 Å². The van der Waals surface area contributed by atoms with Crippen LogP contribution in [0, 0.1) is 0 Å². The van der Waals surface area contributed by atoms with Gasteiger partial charge in [-0.15, -0.1) is 5.10 Å². The summed E-state index contributed by atoms with van der Waals surface area (Å²) in [7, 11) is -1.14. The Morgan fingerprint density at radius 1 is 1.03 bits per heavy atom. The van der Waals surface area contributed by atoms with E-state index in [-0.39, 0.29) is 0 Å². The number of fused-ring (bicyclic) bond motifs is 2. The molecule has 5 rings (SSSR count). The minimum atomic E-state index is -1.14. The van der Waals surface area contributed by atoms with E-state index in [2.05, 4.69) is 36.0 Å². The molecule has 0 saturated carbocycles. The first-order valence-corrected chi connectivity index (χ1v) is 16.5. The molecule has 3 aromatic rings. The number of rotatable bonds is 9. The fourth-order valence-corrected chi connectivity index (χ4v) is 6.16. The molecule has 33 heavy (non-hydrogen) atoms. The SMILES string of the molecule is C[Si](C)(C)CCOCn1nc(Sc2ccncc2)nc1Nc1c2c(cc3c1CCC3)CCC2. The van der Waals surface area contributed by atoms with Gasteiger partial charge in [0.2, 0.25) is 11.1 Å². The van der Waals surface area contributed by atoms with Crippen molar-refractivity contribution in [2.45, 2.75) is 81.0 Å². The molecule has 0 saturated heterocycles. The van der Waals surface area contributed by atoms with Gasteiger partial charge < -0.3 is 10.1 Å². The normalized spacial score (nSPS) is 15.0. The smallest absolute Gasteiger partial charge is 0.228 e. The lowest BCUT2D eigenvalue weighted by molar-refractivity contribution is 0.0792. The largest absolute Gasteiger partial charge is 0.359 e. The van der Waals surface area contributed by atoms with E-state index >= 15 is 0 Å². The van der Waals surface area contributed by atoms with Crippen LogP contribution < -0.4 is 5.32 Å². The van der Waals surface area contributed by atoms with Gasteiger partial charge in [0, 0.05) is 37.7 Å². The first-order chi connectivity index (χ1) is 16.0. The minimum Gasteiger partial charge on any atom is -0.359 e. The molecule has 0 spiro atoms. The molecule has 0 aliphatic heterocycles. The summed E-state index contributed by atoms with van der Waals surface area (Å²) < 4.78 is 7.95. The average Bonchev–Trinajstić information content (AvgIpc) is 3.51. The Hall–Kier alpha value is -2.16. The maximum absolute atomic E-state index is 6.06. The number of nitrogens with one attached hydrogen (secondary N) is 1. The zero-order valence-electron chi connectivity index (χ0n) is 19.9. The van der Waals surface area contributed by atoms with Gasteiger partial charge in [0.15, 0.2) is 0 Å². The average molecular weight is 480 g/mol. The third kappa shape index (κ3) is 5.33. The zero-order valence-corrected chi connectivity index (χ0v) is 21.7. The molecule has 0 radical (unpaired) electrons. The molecule has 0 amide bonds. The summed E-state index contributed by atoms with van der Waals surface area (Å²) in [4.78, 5) is 10.1. The number of pyridine rings is 1. The number of ether oxygens (including phenoxy) is 1. The van der Waals surface area contributed by atoms with Gasteiger partial charge >= 0.3 is 0 Å². The molecule has 0 unspecified atom stereocenters. The van der Waals surface area contributed by atoms with Crippen LogP contribution in [0.25, 0.3) is 0 Å². The molecule has 0 bridgehead atoms. The van der Waals surface area contributed by atoms with Gasteiger partial charge in [0.05, 0.1) is 0 Å². The molecule has 2 heterocycles. The third-order valence-corrected chi connectivity index (χ3v) is 9.00. The topological polar surface area (TPSA) is 64.9 Å². The molecule has 0 atom stereocenters. The predicted octanol–water partition coefficient (Wildman–Crippen LogP) is 5.86. The number of hydrogen-bond donors (Lipinski definition) is 1. The second kappa shape index (κ2) is 9.60. The molecule has 2 aliphatic rings. The van der Waals surface area contributed by atoms with Crippen molar-refractivity contribution in [3.8, 4) is 0 Å². The van der Waals surface area contributed by atoms with Crippen molar-refractivity contribution >= 4 is 31.5 Å². The van der Waals surface area contributed by atoms with Crippen molar-refractivity contribution in [1.29, 1.82) is 0 Å². The first kappa shape index (κ1) is 22.6. The van der Waals surface area contributed by atoms with Crippen LogP contribution in [0.1, 0.15) is 35.1 Å². The van der Waals surface area contributed by atoms with E-state index in [4.69, 9.17) is 14.8 Å². The van der Waals surface area contributed by atoms with Crippen LogP contribution in [-0.4, -0.2) is 34.4 Å². The summed E-state index contributed by atoms with van der Waals surface area (Å²) in [6, 6.07) is 7.58. The maximum atomic E-state index is 6.06. The molecular weight excluding hydrogens is 446 g/mol. The minimum absolute atomic E-state index is 0.411. The first-order valence-electron chi connectivity index (χ1n) is 12.0. The molecule has 1 N–H and O–H groups in total. The molecule has 6 nitrogen and oxygen atoms in total. The highest BCUT2D eigenvalue weighted by Crippen LogP contribution is 2.40. The van der Waals surface area contributed by atoms with Crippen molar-refractivity contribution in [3.63, 3.8) is 0 Å².